The zero-order valence-corrected chi connectivity index (χ0v) is 12.2. The number of aryl methyl sites for hydroxylation is 1. The monoisotopic (exact) mass is 293 g/mol. The summed E-state index contributed by atoms with van der Waals surface area (Å²) in [4.78, 5) is 19.1. The second kappa shape index (κ2) is 6.67. The van der Waals surface area contributed by atoms with Gasteiger partial charge in [-0.05, 0) is 25.6 Å². The van der Waals surface area contributed by atoms with E-state index in [9.17, 15) is 9.18 Å². The van der Waals surface area contributed by atoms with Crippen molar-refractivity contribution >= 4 is 11.8 Å². The van der Waals surface area contributed by atoms with Crippen LogP contribution in [-0.2, 0) is 6.54 Å². The Labute approximate surface area is 120 Å². The highest BCUT2D eigenvalue weighted by Crippen LogP contribution is 2.29. The topological polar surface area (TPSA) is 57.8 Å². The van der Waals surface area contributed by atoms with Crippen molar-refractivity contribution in [1.29, 1.82) is 0 Å². The van der Waals surface area contributed by atoms with Gasteiger partial charge in [0, 0.05) is 28.8 Å². The van der Waals surface area contributed by atoms with Gasteiger partial charge in [0.05, 0.1) is 0 Å². The average molecular weight is 293 g/mol. The summed E-state index contributed by atoms with van der Waals surface area (Å²) >= 11 is 1.26. The van der Waals surface area contributed by atoms with Gasteiger partial charge in [-0.15, -0.1) is 0 Å². The first-order valence-electron chi connectivity index (χ1n) is 6.34. The first-order chi connectivity index (χ1) is 9.60. The normalized spacial score (nSPS) is 10.8. The van der Waals surface area contributed by atoms with Gasteiger partial charge >= 0.3 is 0 Å². The van der Waals surface area contributed by atoms with Gasteiger partial charge < -0.3 is 10.3 Å². The third-order valence-electron chi connectivity index (χ3n) is 2.68. The number of rotatable bonds is 5. The number of hydrogen-bond donors (Lipinski definition) is 2. The summed E-state index contributed by atoms with van der Waals surface area (Å²) in [6, 6.07) is 6.34. The Morgan fingerprint density at radius 2 is 2.25 bits per heavy atom. The minimum atomic E-state index is -0.258. The zero-order valence-electron chi connectivity index (χ0n) is 11.4. The minimum Gasteiger partial charge on any atom is -0.313 e. The van der Waals surface area contributed by atoms with E-state index in [1.807, 2.05) is 13.0 Å². The Morgan fingerprint density at radius 3 is 2.95 bits per heavy atom. The smallest absolute Gasteiger partial charge is 0.251 e. The summed E-state index contributed by atoms with van der Waals surface area (Å²) in [6.07, 6.45) is 0. The molecule has 2 aromatic rings. The molecule has 1 heterocycles. The van der Waals surface area contributed by atoms with E-state index in [1.165, 1.54) is 23.9 Å². The van der Waals surface area contributed by atoms with Crippen molar-refractivity contribution in [3.63, 3.8) is 0 Å². The molecule has 0 aliphatic rings. The third kappa shape index (κ3) is 3.68. The SMILES string of the molecule is CCNCc1c(F)cccc1Sc1nc(C)cc(=O)[nH]1. The van der Waals surface area contributed by atoms with Gasteiger partial charge in [-0.3, -0.25) is 4.79 Å². The number of benzene rings is 1. The van der Waals surface area contributed by atoms with E-state index < -0.39 is 0 Å². The van der Waals surface area contributed by atoms with Crippen molar-refractivity contribution in [2.45, 2.75) is 30.4 Å². The van der Waals surface area contributed by atoms with E-state index in [1.54, 1.807) is 13.0 Å². The Morgan fingerprint density at radius 1 is 1.45 bits per heavy atom. The lowest BCUT2D eigenvalue weighted by Crippen LogP contribution is -2.14. The molecule has 0 aliphatic carbocycles. The standard InChI is InChI=1S/C14H16FN3OS/c1-3-16-8-10-11(15)5-4-6-12(10)20-14-17-9(2)7-13(19)18-14/h4-7,16H,3,8H2,1-2H3,(H,17,18,19). The van der Waals surface area contributed by atoms with Crippen LogP contribution in [0.15, 0.2) is 39.1 Å². The molecular formula is C14H16FN3OS. The van der Waals surface area contributed by atoms with Gasteiger partial charge in [-0.2, -0.15) is 0 Å². The summed E-state index contributed by atoms with van der Waals surface area (Å²) in [5, 5.41) is 3.58. The van der Waals surface area contributed by atoms with Crippen LogP contribution >= 0.6 is 11.8 Å². The molecule has 0 amide bonds. The van der Waals surface area contributed by atoms with Crippen LogP contribution in [0.3, 0.4) is 0 Å². The molecular weight excluding hydrogens is 277 g/mol. The van der Waals surface area contributed by atoms with Crippen LogP contribution in [0.25, 0.3) is 0 Å². The second-order valence-electron chi connectivity index (χ2n) is 4.29. The maximum absolute atomic E-state index is 13.9. The number of aromatic nitrogens is 2. The molecule has 2 N–H and O–H groups in total. The van der Waals surface area contributed by atoms with E-state index in [-0.39, 0.29) is 11.4 Å². The molecule has 0 unspecified atom stereocenters. The van der Waals surface area contributed by atoms with Gasteiger partial charge in [-0.25, -0.2) is 9.37 Å². The first-order valence-corrected chi connectivity index (χ1v) is 7.15. The zero-order chi connectivity index (χ0) is 14.5. The van der Waals surface area contributed by atoms with Crippen molar-refractivity contribution in [3.05, 3.63) is 51.7 Å². The Balaban J connectivity index is 2.32. The molecule has 0 radical (unpaired) electrons. The van der Waals surface area contributed by atoms with Crippen LogP contribution in [0, 0.1) is 12.7 Å². The largest absolute Gasteiger partial charge is 0.313 e. The molecule has 20 heavy (non-hydrogen) atoms. The molecule has 0 atom stereocenters. The number of nitrogens with zero attached hydrogens (tertiary/aromatic N) is 1. The molecule has 4 nitrogen and oxygen atoms in total. The van der Waals surface area contributed by atoms with E-state index in [0.717, 1.165) is 11.4 Å². The molecule has 2 rings (SSSR count). The Bertz CT molecular complexity index is 657. The number of hydrogen-bond acceptors (Lipinski definition) is 4. The predicted octanol–water partition coefficient (Wildman–Crippen LogP) is 2.48. The van der Waals surface area contributed by atoms with Crippen molar-refractivity contribution in [3.8, 4) is 0 Å². The maximum Gasteiger partial charge on any atom is 0.251 e. The van der Waals surface area contributed by atoms with Gasteiger partial charge in [0.1, 0.15) is 5.82 Å². The first kappa shape index (κ1) is 14.7. The van der Waals surface area contributed by atoms with Gasteiger partial charge in [0.25, 0.3) is 5.56 Å². The van der Waals surface area contributed by atoms with E-state index in [4.69, 9.17) is 0 Å². The number of halogens is 1. The van der Waals surface area contributed by atoms with Crippen LogP contribution in [0.2, 0.25) is 0 Å². The summed E-state index contributed by atoms with van der Waals surface area (Å²) in [5.41, 5.74) is 1.02. The van der Waals surface area contributed by atoms with Gasteiger partial charge in [-0.1, -0.05) is 24.8 Å². The number of aromatic amines is 1. The molecule has 1 aromatic carbocycles. The quantitative estimate of drug-likeness (QED) is 0.832. The summed E-state index contributed by atoms with van der Waals surface area (Å²) in [5.74, 6) is -0.258. The fourth-order valence-electron chi connectivity index (χ4n) is 1.76. The summed E-state index contributed by atoms with van der Waals surface area (Å²) in [7, 11) is 0. The molecule has 6 heteroatoms. The highest BCUT2D eigenvalue weighted by atomic mass is 32.2. The molecule has 0 saturated carbocycles. The van der Waals surface area contributed by atoms with E-state index in [2.05, 4.69) is 15.3 Å². The van der Waals surface area contributed by atoms with Gasteiger partial charge in [0.15, 0.2) is 5.16 Å². The van der Waals surface area contributed by atoms with Crippen molar-refractivity contribution < 1.29 is 4.39 Å². The van der Waals surface area contributed by atoms with E-state index >= 15 is 0 Å². The van der Waals surface area contributed by atoms with E-state index in [0.29, 0.717) is 23.0 Å². The lowest BCUT2D eigenvalue weighted by Gasteiger charge is -2.10. The molecule has 0 spiro atoms. The second-order valence-corrected chi connectivity index (χ2v) is 5.32. The molecule has 0 fully saturated rings. The van der Waals surface area contributed by atoms with Crippen molar-refractivity contribution in [2.75, 3.05) is 6.54 Å². The third-order valence-corrected chi connectivity index (χ3v) is 3.67. The molecule has 0 saturated heterocycles. The van der Waals surface area contributed by atoms with Crippen LogP contribution in [0.5, 0.6) is 0 Å². The lowest BCUT2D eigenvalue weighted by atomic mass is 10.2. The van der Waals surface area contributed by atoms with Crippen LogP contribution in [-0.4, -0.2) is 16.5 Å². The fourth-order valence-corrected chi connectivity index (χ4v) is 2.75. The average Bonchev–Trinajstić information content (AvgIpc) is 2.37. The molecule has 1 aromatic heterocycles. The Kier molecular flexibility index (Phi) is 4.92. The number of nitrogens with one attached hydrogen (secondary N) is 2. The number of H-pyrrole nitrogens is 1. The predicted molar refractivity (Wildman–Crippen MR) is 77.5 cm³/mol. The van der Waals surface area contributed by atoms with Gasteiger partial charge in [0.2, 0.25) is 0 Å². The maximum atomic E-state index is 13.9. The van der Waals surface area contributed by atoms with Crippen LogP contribution in [0.1, 0.15) is 18.2 Å². The molecule has 0 bridgehead atoms. The Hall–Kier alpha value is -1.66. The van der Waals surface area contributed by atoms with Crippen LogP contribution < -0.4 is 10.9 Å². The lowest BCUT2D eigenvalue weighted by molar-refractivity contribution is 0.585. The molecule has 0 aliphatic heterocycles. The highest BCUT2D eigenvalue weighted by Gasteiger charge is 2.10. The minimum absolute atomic E-state index is 0.204. The summed E-state index contributed by atoms with van der Waals surface area (Å²) < 4.78 is 13.9. The molecule has 106 valence electrons. The fraction of sp³-hybridized carbons (Fsp3) is 0.286. The van der Waals surface area contributed by atoms with Crippen LogP contribution in [0.4, 0.5) is 4.39 Å². The highest BCUT2D eigenvalue weighted by molar-refractivity contribution is 7.99. The van der Waals surface area contributed by atoms with Crippen molar-refractivity contribution in [1.82, 2.24) is 15.3 Å². The van der Waals surface area contributed by atoms with Crippen molar-refractivity contribution in [2.24, 2.45) is 0 Å². The summed E-state index contributed by atoms with van der Waals surface area (Å²) in [6.45, 7) is 4.93.